The maximum absolute atomic E-state index is 11.6. The number of rotatable bonds is 4. The predicted octanol–water partition coefficient (Wildman–Crippen LogP) is 1.94. The van der Waals surface area contributed by atoms with Crippen LogP contribution in [-0.2, 0) is 9.59 Å². The summed E-state index contributed by atoms with van der Waals surface area (Å²) in [4.78, 5) is 23.0. The van der Waals surface area contributed by atoms with E-state index in [-0.39, 0.29) is 29.5 Å². The molecule has 2 N–H and O–H groups in total. The lowest BCUT2D eigenvalue weighted by atomic mass is 10.0. The van der Waals surface area contributed by atoms with Crippen molar-refractivity contribution in [2.45, 2.75) is 11.8 Å². The number of halogens is 2. The van der Waals surface area contributed by atoms with Crippen molar-refractivity contribution in [3.8, 4) is 0 Å². The van der Waals surface area contributed by atoms with Gasteiger partial charge in [0.25, 0.3) is 0 Å². The molecule has 21 heavy (non-hydrogen) atoms. The van der Waals surface area contributed by atoms with Gasteiger partial charge < -0.3 is 5.32 Å². The minimum absolute atomic E-state index is 0.00172. The highest BCUT2D eigenvalue weighted by Gasteiger charge is 2.49. The van der Waals surface area contributed by atoms with Gasteiger partial charge in [0.05, 0.1) is 5.71 Å². The predicted molar refractivity (Wildman–Crippen MR) is 81.7 cm³/mol. The SMILES string of the molecule is O=C(Nc1ccc(C2=NNC(=O)C3CC23)cc1)C(Cl)CCl. The van der Waals surface area contributed by atoms with E-state index in [1.54, 1.807) is 12.1 Å². The number of anilines is 1. The Labute approximate surface area is 131 Å². The summed E-state index contributed by atoms with van der Waals surface area (Å²) < 4.78 is 0. The normalized spacial score (nSPS) is 24.5. The Hall–Kier alpha value is -1.59. The Balaban J connectivity index is 1.70. The fourth-order valence-electron chi connectivity index (χ4n) is 2.36. The van der Waals surface area contributed by atoms with Crippen LogP contribution in [0.4, 0.5) is 5.69 Å². The highest BCUT2D eigenvalue weighted by Crippen LogP contribution is 2.43. The molecule has 2 amide bonds. The first kappa shape index (κ1) is 14.4. The van der Waals surface area contributed by atoms with E-state index in [2.05, 4.69) is 15.8 Å². The number of hydrogen-bond donors (Lipinski definition) is 2. The Morgan fingerprint density at radius 3 is 2.76 bits per heavy atom. The van der Waals surface area contributed by atoms with E-state index in [0.29, 0.717) is 5.69 Å². The minimum atomic E-state index is -0.753. The van der Waals surface area contributed by atoms with Gasteiger partial charge in [-0.3, -0.25) is 9.59 Å². The van der Waals surface area contributed by atoms with Crippen LogP contribution in [0.1, 0.15) is 12.0 Å². The van der Waals surface area contributed by atoms with Gasteiger partial charge in [-0.2, -0.15) is 5.10 Å². The Morgan fingerprint density at radius 1 is 1.38 bits per heavy atom. The zero-order chi connectivity index (χ0) is 15.0. The van der Waals surface area contributed by atoms with Gasteiger partial charge in [0.2, 0.25) is 11.8 Å². The third kappa shape index (κ3) is 2.89. The van der Waals surface area contributed by atoms with E-state index in [0.717, 1.165) is 17.7 Å². The first-order chi connectivity index (χ1) is 10.1. The van der Waals surface area contributed by atoms with Crippen molar-refractivity contribution >= 4 is 46.4 Å². The minimum Gasteiger partial charge on any atom is -0.325 e. The van der Waals surface area contributed by atoms with Crippen LogP contribution >= 0.6 is 23.2 Å². The zero-order valence-corrected chi connectivity index (χ0v) is 12.5. The smallest absolute Gasteiger partial charge is 0.243 e. The van der Waals surface area contributed by atoms with Gasteiger partial charge in [-0.25, -0.2) is 5.43 Å². The molecule has 3 atom stereocenters. The molecule has 7 heteroatoms. The van der Waals surface area contributed by atoms with Gasteiger partial charge in [-0.05, 0) is 24.1 Å². The number of hydrogen-bond acceptors (Lipinski definition) is 3. The number of hydrazone groups is 1. The van der Waals surface area contributed by atoms with E-state index in [9.17, 15) is 9.59 Å². The number of amides is 2. The van der Waals surface area contributed by atoms with Crippen LogP contribution < -0.4 is 10.7 Å². The summed E-state index contributed by atoms with van der Waals surface area (Å²) in [5.41, 5.74) is 5.03. The molecule has 110 valence electrons. The Bertz CT molecular complexity index is 615. The first-order valence-electron chi connectivity index (χ1n) is 6.59. The molecule has 0 bridgehead atoms. The summed E-state index contributed by atoms with van der Waals surface area (Å²) >= 11 is 11.3. The van der Waals surface area contributed by atoms with Crippen molar-refractivity contribution in [2.24, 2.45) is 16.9 Å². The Morgan fingerprint density at radius 2 is 2.10 bits per heavy atom. The standard InChI is InChI=1S/C14H13Cl2N3O2/c15-6-11(16)14(21)17-8-3-1-7(2-4-8)12-9-5-10(9)13(20)19-18-12/h1-4,9-11H,5-6H2,(H,17,21)(H,19,20). The van der Waals surface area contributed by atoms with Gasteiger partial charge in [0.1, 0.15) is 5.38 Å². The Kier molecular flexibility index (Phi) is 3.87. The van der Waals surface area contributed by atoms with E-state index in [1.807, 2.05) is 12.1 Å². The van der Waals surface area contributed by atoms with Gasteiger partial charge >= 0.3 is 0 Å². The van der Waals surface area contributed by atoms with Crippen molar-refractivity contribution in [1.29, 1.82) is 0 Å². The van der Waals surface area contributed by atoms with Crippen molar-refractivity contribution in [1.82, 2.24) is 5.43 Å². The second kappa shape index (κ2) is 5.66. The average Bonchev–Trinajstić information content (AvgIpc) is 3.29. The molecule has 0 saturated heterocycles. The van der Waals surface area contributed by atoms with Crippen molar-refractivity contribution < 1.29 is 9.59 Å². The third-order valence-corrected chi connectivity index (χ3v) is 4.45. The third-order valence-electron chi connectivity index (χ3n) is 3.63. The number of nitrogens with zero attached hydrogens (tertiary/aromatic N) is 1. The summed E-state index contributed by atoms with van der Waals surface area (Å²) in [5.74, 6) is 0.0245. The lowest BCUT2D eigenvalue weighted by Crippen LogP contribution is -2.28. The molecule has 0 spiro atoms. The second-order valence-electron chi connectivity index (χ2n) is 5.11. The molecule has 1 aliphatic carbocycles. The zero-order valence-electron chi connectivity index (χ0n) is 11.0. The van der Waals surface area contributed by atoms with Gasteiger partial charge in [0.15, 0.2) is 0 Å². The maximum Gasteiger partial charge on any atom is 0.243 e. The van der Waals surface area contributed by atoms with E-state index in [4.69, 9.17) is 23.2 Å². The molecule has 3 rings (SSSR count). The monoisotopic (exact) mass is 325 g/mol. The molecule has 1 saturated carbocycles. The number of carbonyl (C=O) groups is 2. The fraction of sp³-hybridized carbons (Fsp3) is 0.357. The van der Waals surface area contributed by atoms with Crippen molar-refractivity contribution in [3.05, 3.63) is 29.8 Å². The quantitative estimate of drug-likeness (QED) is 0.830. The first-order valence-corrected chi connectivity index (χ1v) is 7.56. The number of carbonyl (C=O) groups excluding carboxylic acids is 2. The lowest BCUT2D eigenvalue weighted by molar-refractivity contribution is -0.122. The molecule has 2 aliphatic rings. The topological polar surface area (TPSA) is 70.6 Å². The van der Waals surface area contributed by atoms with Crippen LogP contribution in [0, 0.1) is 11.8 Å². The maximum atomic E-state index is 11.6. The van der Waals surface area contributed by atoms with E-state index < -0.39 is 5.38 Å². The van der Waals surface area contributed by atoms with Crippen LogP contribution in [0.5, 0.6) is 0 Å². The van der Waals surface area contributed by atoms with Crippen molar-refractivity contribution in [3.63, 3.8) is 0 Å². The van der Waals surface area contributed by atoms with Gasteiger partial charge in [-0.15, -0.1) is 23.2 Å². The van der Waals surface area contributed by atoms with Crippen LogP contribution in [-0.4, -0.2) is 28.8 Å². The number of nitrogens with one attached hydrogen (secondary N) is 2. The fourth-order valence-corrected chi connectivity index (χ4v) is 2.56. The van der Waals surface area contributed by atoms with Crippen molar-refractivity contribution in [2.75, 3.05) is 11.2 Å². The van der Waals surface area contributed by atoms with E-state index in [1.165, 1.54) is 0 Å². The summed E-state index contributed by atoms with van der Waals surface area (Å²) in [6.07, 6.45) is 0.854. The molecule has 0 radical (unpaired) electrons. The number of alkyl halides is 2. The molecule has 1 fully saturated rings. The molecule has 0 aromatic heterocycles. The van der Waals surface area contributed by atoms with Crippen LogP contribution in [0.25, 0.3) is 0 Å². The highest BCUT2D eigenvalue weighted by atomic mass is 35.5. The summed E-state index contributed by atoms with van der Waals surface area (Å²) in [7, 11) is 0. The molecular formula is C14H13Cl2N3O2. The largest absolute Gasteiger partial charge is 0.325 e. The van der Waals surface area contributed by atoms with Crippen LogP contribution in [0.15, 0.2) is 29.4 Å². The molecule has 1 aromatic carbocycles. The molecule has 3 unspecified atom stereocenters. The highest BCUT2D eigenvalue weighted by molar-refractivity contribution is 6.37. The summed E-state index contributed by atoms with van der Waals surface area (Å²) in [6, 6.07) is 7.29. The van der Waals surface area contributed by atoms with E-state index >= 15 is 0 Å². The summed E-state index contributed by atoms with van der Waals surface area (Å²) in [6.45, 7) is 0. The molecule has 1 aromatic rings. The van der Waals surface area contributed by atoms with Gasteiger partial charge in [0, 0.05) is 23.4 Å². The summed E-state index contributed by atoms with van der Waals surface area (Å²) in [5, 5.41) is 6.06. The lowest BCUT2D eigenvalue weighted by Gasteiger charge is -2.12. The van der Waals surface area contributed by atoms with Gasteiger partial charge in [-0.1, -0.05) is 12.1 Å². The molecular weight excluding hydrogens is 313 g/mol. The molecule has 1 aliphatic heterocycles. The second-order valence-corrected chi connectivity index (χ2v) is 5.95. The molecule has 1 heterocycles. The number of benzene rings is 1. The molecule has 5 nitrogen and oxygen atoms in total. The average molecular weight is 326 g/mol. The van der Waals surface area contributed by atoms with Crippen LogP contribution in [0.3, 0.4) is 0 Å². The number of fused-ring (bicyclic) bond motifs is 1. The van der Waals surface area contributed by atoms with Crippen LogP contribution in [0.2, 0.25) is 0 Å².